The predicted molar refractivity (Wildman–Crippen MR) is 87.8 cm³/mol. The van der Waals surface area contributed by atoms with E-state index >= 15 is 0 Å². The Kier molecular flexibility index (Phi) is 6.43. The summed E-state index contributed by atoms with van der Waals surface area (Å²) in [7, 11) is -4.67. The lowest BCUT2D eigenvalue weighted by Gasteiger charge is -2.57. The van der Waals surface area contributed by atoms with Gasteiger partial charge in [0.2, 0.25) is 0 Å². The van der Waals surface area contributed by atoms with Crippen LogP contribution in [0.15, 0.2) is 0 Å². The van der Waals surface area contributed by atoms with E-state index in [9.17, 15) is 0 Å². The lowest BCUT2D eigenvalue weighted by molar-refractivity contribution is -0.0718. The van der Waals surface area contributed by atoms with Gasteiger partial charge in [-0.05, 0) is 57.0 Å². The molecular formula is C15H30N2O5S. The minimum absolute atomic E-state index is 0. The molecule has 0 aliphatic carbocycles. The van der Waals surface area contributed by atoms with Crippen molar-refractivity contribution < 1.29 is 23.0 Å². The zero-order chi connectivity index (χ0) is 15.7. The average Bonchev–Trinajstić information content (AvgIpc) is 2.46. The Balaban J connectivity index is 0.000000284. The lowest BCUT2D eigenvalue weighted by Crippen LogP contribution is -2.63. The highest BCUT2D eigenvalue weighted by Crippen LogP contribution is 2.42. The van der Waals surface area contributed by atoms with Crippen LogP contribution in [0.5, 0.6) is 0 Å². The highest BCUT2D eigenvalue weighted by atomic mass is 32.3. The Labute approximate surface area is 138 Å². The summed E-state index contributed by atoms with van der Waals surface area (Å²) in [5, 5.41) is 0. The Morgan fingerprint density at radius 2 is 1.17 bits per heavy atom. The second-order valence-corrected chi connectivity index (χ2v) is 8.22. The van der Waals surface area contributed by atoms with Gasteiger partial charge in [0.1, 0.15) is 0 Å². The van der Waals surface area contributed by atoms with Crippen molar-refractivity contribution in [2.75, 3.05) is 26.2 Å². The third-order valence-corrected chi connectivity index (χ3v) is 5.96. The molecule has 4 rings (SSSR count). The second kappa shape index (κ2) is 7.76. The molecule has 4 N–H and O–H groups in total. The Morgan fingerprint density at radius 1 is 0.783 bits per heavy atom. The fraction of sp³-hybridized carbons (Fsp3) is 1.00. The third kappa shape index (κ3) is 4.87. The van der Waals surface area contributed by atoms with E-state index in [1.807, 2.05) is 0 Å². The second-order valence-electron chi connectivity index (χ2n) is 7.32. The van der Waals surface area contributed by atoms with Crippen molar-refractivity contribution >= 4 is 10.4 Å². The molecule has 0 radical (unpaired) electrons. The van der Waals surface area contributed by atoms with E-state index in [0.29, 0.717) is 0 Å². The molecule has 136 valence electrons. The van der Waals surface area contributed by atoms with Gasteiger partial charge < -0.3 is 5.48 Å². The molecular weight excluding hydrogens is 320 g/mol. The normalized spacial score (nSPS) is 37.5. The van der Waals surface area contributed by atoms with E-state index in [1.54, 1.807) is 6.42 Å². The average molecular weight is 350 g/mol. The molecule has 0 aromatic heterocycles. The molecule has 8 heteroatoms. The molecule has 4 fully saturated rings. The van der Waals surface area contributed by atoms with Gasteiger partial charge >= 0.3 is 10.4 Å². The van der Waals surface area contributed by atoms with Gasteiger partial charge in [-0.15, -0.1) is 0 Å². The van der Waals surface area contributed by atoms with Crippen LogP contribution in [0.3, 0.4) is 0 Å². The molecule has 7 nitrogen and oxygen atoms in total. The number of fused-ring (bicyclic) bond motifs is 6. The number of nitrogens with zero attached hydrogens (tertiary/aromatic N) is 2. The molecule has 4 heterocycles. The number of hydrogen-bond acceptors (Lipinski definition) is 4. The quantitative estimate of drug-likeness (QED) is 0.627. The van der Waals surface area contributed by atoms with Crippen LogP contribution in [0.4, 0.5) is 0 Å². The maximum Gasteiger partial charge on any atom is 0.394 e. The molecule has 4 aliphatic heterocycles. The molecule has 4 saturated heterocycles. The summed E-state index contributed by atoms with van der Waals surface area (Å²) in [6, 6.07) is 1.92. The SMILES string of the molecule is C1CCN2CC3CC(CN4CCCCC34)C2C1.O.O=S(=O)(O)O. The Bertz CT molecular complexity index is 450. The van der Waals surface area contributed by atoms with Crippen LogP contribution < -0.4 is 0 Å². The minimum atomic E-state index is -4.67. The van der Waals surface area contributed by atoms with Gasteiger partial charge in [-0.1, -0.05) is 12.8 Å². The van der Waals surface area contributed by atoms with Gasteiger partial charge in [0, 0.05) is 25.2 Å². The molecule has 4 unspecified atom stereocenters. The lowest BCUT2D eigenvalue weighted by atomic mass is 9.71. The molecule has 2 bridgehead atoms. The van der Waals surface area contributed by atoms with Crippen molar-refractivity contribution in [2.24, 2.45) is 11.8 Å². The van der Waals surface area contributed by atoms with Crippen molar-refractivity contribution in [2.45, 2.75) is 57.0 Å². The van der Waals surface area contributed by atoms with E-state index in [2.05, 4.69) is 9.80 Å². The van der Waals surface area contributed by atoms with Crippen LogP contribution in [0, 0.1) is 11.8 Å². The fourth-order valence-corrected chi connectivity index (χ4v) is 5.25. The first-order valence-corrected chi connectivity index (χ1v) is 9.99. The highest BCUT2D eigenvalue weighted by molar-refractivity contribution is 7.79. The highest BCUT2D eigenvalue weighted by Gasteiger charge is 2.46. The van der Waals surface area contributed by atoms with Crippen molar-refractivity contribution in [1.82, 2.24) is 9.80 Å². The van der Waals surface area contributed by atoms with Crippen LogP contribution in [0.2, 0.25) is 0 Å². The smallest absolute Gasteiger partial charge is 0.394 e. The molecule has 0 aromatic carbocycles. The van der Waals surface area contributed by atoms with Gasteiger partial charge in [0.05, 0.1) is 0 Å². The summed E-state index contributed by atoms with van der Waals surface area (Å²) in [6.07, 6.45) is 10.5. The minimum Gasteiger partial charge on any atom is -0.412 e. The zero-order valence-corrected chi connectivity index (χ0v) is 14.4. The van der Waals surface area contributed by atoms with E-state index in [4.69, 9.17) is 17.5 Å². The van der Waals surface area contributed by atoms with Crippen LogP contribution in [-0.2, 0) is 10.4 Å². The van der Waals surface area contributed by atoms with Gasteiger partial charge in [-0.3, -0.25) is 18.9 Å². The molecule has 0 spiro atoms. The standard InChI is InChI=1S/C15H26N2.H2O4S.H2O/c1-3-7-16-11-13-9-12(14(16)5-1)10-17-8-4-2-6-15(13)17;1-5(2,3)4;/h12-15H,1-11H2;(H2,1,2,3,4);1H2. The molecule has 0 amide bonds. The van der Waals surface area contributed by atoms with Gasteiger partial charge in [-0.25, -0.2) is 0 Å². The molecule has 4 aliphatic rings. The summed E-state index contributed by atoms with van der Waals surface area (Å²) >= 11 is 0. The fourth-order valence-electron chi connectivity index (χ4n) is 5.25. The van der Waals surface area contributed by atoms with Crippen LogP contribution in [0.25, 0.3) is 0 Å². The molecule has 4 atom stereocenters. The van der Waals surface area contributed by atoms with E-state index in [-0.39, 0.29) is 5.48 Å². The van der Waals surface area contributed by atoms with Crippen LogP contribution >= 0.6 is 0 Å². The number of hydrogen-bond donors (Lipinski definition) is 2. The van der Waals surface area contributed by atoms with Crippen molar-refractivity contribution in [3.8, 4) is 0 Å². The van der Waals surface area contributed by atoms with Gasteiger partial charge in [0.15, 0.2) is 0 Å². The first-order chi connectivity index (χ1) is 10.4. The largest absolute Gasteiger partial charge is 0.412 e. The van der Waals surface area contributed by atoms with Crippen LogP contribution in [-0.4, -0.2) is 71.1 Å². The Hall–Kier alpha value is -0.250. The summed E-state index contributed by atoms with van der Waals surface area (Å²) < 4.78 is 31.6. The maximum atomic E-state index is 8.74. The van der Waals surface area contributed by atoms with Crippen molar-refractivity contribution in [1.29, 1.82) is 0 Å². The zero-order valence-electron chi connectivity index (χ0n) is 13.6. The van der Waals surface area contributed by atoms with Crippen LogP contribution in [0.1, 0.15) is 44.9 Å². The molecule has 0 aromatic rings. The maximum absolute atomic E-state index is 8.74. The van der Waals surface area contributed by atoms with E-state index < -0.39 is 10.4 Å². The summed E-state index contributed by atoms with van der Waals surface area (Å²) in [6.45, 7) is 5.68. The Morgan fingerprint density at radius 3 is 1.57 bits per heavy atom. The van der Waals surface area contributed by atoms with E-state index in [0.717, 1.165) is 23.9 Å². The van der Waals surface area contributed by atoms with Gasteiger partial charge in [0.25, 0.3) is 0 Å². The summed E-state index contributed by atoms with van der Waals surface area (Å²) in [4.78, 5) is 5.74. The molecule has 23 heavy (non-hydrogen) atoms. The monoisotopic (exact) mass is 350 g/mol. The molecule has 0 saturated carbocycles. The third-order valence-electron chi connectivity index (χ3n) is 5.96. The summed E-state index contributed by atoms with van der Waals surface area (Å²) in [5.41, 5.74) is 0. The first kappa shape index (κ1) is 19.1. The van der Waals surface area contributed by atoms with E-state index in [1.165, 1.54) is 64.7 Å². The van der Waals surface area contributed by atoms with Crippen molar-refractivity contribution in [3.63, 3.8) is 0 Å². The van der Waals surface area contributed by atoms with Crippen molar-refractivity contribution in [3.05, 3.63) is 0 Å². The predicted octanol–water partition coefficient (Wildman–Crippen LogP) is 0.868. The first-order valence-electron chi connectivity index (χ1n) is 8.60. The number of piperidine rings is 4. The topological polar surface area (TPSA) is 113 Å². The summed E-state index contributed by atoms with van der Waals surface area (Å²) in [5.74, 6) is 2.03. The van der Waals surface area contributed by atoms with Gasteiger partial charge in [-0.2, -0.15) is 8.42 Å². The number of rotatable bonds is 0.